The van der Waals surface area contributed by atoms with Gasteiger partial charge in [0.15, 0.2) is 18.9 Å². The minimum absolute atomic E-state index is 0.0874. The third kappa shape index (κ3) is 19.2. The number of hydrogen-bond acceptors (Lipinski definition) is 6. The Morgan fingerprint density at radius 1 is 0.396 bits per heavy atom. The van der Waals surface area contributed by atoms with Gasteiger partial charge in [0.05, 0.1) is 6.61 Å². The van der Waals surface area contributed by atoms with Gasteiger partial charge in [-0.25, -0.2) is 0 Å². The molecule has 11 fully saturated rings. The van der Waals surface area contributed by atoms with E-state index >= 15 is 0 Å². The Morgan fingerprint density at radius 3 is 1.05 bits per heavy atom. The zero-order valence-electron chi connectivity index (χ0n) is 59.8. The van der Waals surface area contributed by atoms with Crippen molar-refractivity contribution in [2.45, 2.75) is 337 Å². The maximum absolute atomic E-state index is 6.45. The average molecular weight is 1250 g/mol. The minimum atomic E-state index is -0.124. The van der Waals surface area contributed by atoms with Crippen molar-refractivity contribution >= 4 is 0 Å². The van der Waals surface area contributed by atoms with Gasteiger partial charge in [0.2, 0.25) is 0 Å². The molecular formula is C85H134O6. The molecule has 0 radical (unpaired) electrons. The van der Waals surface area contributed by atoms with Crippen molar-refractivity contribution in [3.05, 3.63) is 89.5 Å². The van der Waals surface area contributed by atoms with Gasteiger partial charge in [-0.3, -0.25) is 0 Å². The van der Waals surface area contributed by atoms with E-state index in [1.807, 2.05) is 0 Å². The molecule has 11 aliphatic rings. The van der Waals surface area contributed by atoms with Crippen molar-refractivity contribution in [3.8, 4) is 17.2 Å². The summed E-state index contributed by atoms with van der Waals surface area (Å²) in [6.45, 7) is 22.2. The summed E-state index contributed by atoms with van der Waals surface area (Å²) in [5.74, 6) is 13.6. The van der Waals surface area contributed by atoms with E-state index in [1.54, 1.807) is 0 Å². The van der Waals surface area contributed by atoms with Crippen LogP contribution in [0.4, 0.5) is 0 Å². The first kappa shape index (κ1) is 70.7. The predicted octanol–water partition coefficient (Wildman–Crippen LogP) is 24.7. The third-order valence-corrected chi connectivity index (χ3v) is 26.2. The van der Waals surface area contributed by atoms with Crippen LogP contribution >= 0.6 is 0 Å². The normalized spacial score (nSPS) is 29.2. The minimum Gasteiger partial charge on any atom is -0.465 e. The SMILES string of the molecule is CCCOC(CC12CC3CC(CC(C3)C1)C2)Oc1ccc(C(C)CC)cc1.CCOC(CCC12CC3CC(CC(C3)C1)C2)Oc1ccc(C(C)CC)cc1.CCOC(CCCC(C1CCCCC1)(C1CCCCC1)C1CCCCC1)Oc1ccc(C(C)CC)cc1. The van der Waals surface area contributed by atoms with Crippen LogP contribution in [0.3, 0.4) is 0 Å². The third-order valence-electron chi connectivity index (χ3n) is 26.2. The predicted molar refractivity (Wildman–Crippen MR) is 379 cm³/mol. The molecule has 11 saturated carbocycles. The molecule has 8 bridgehead atoms. The van der Waals surface area contributed by atoms with Gasteiger partial charge in [-0.15, -0.1) is 0 Å². The lowest BCUT2D eigenvalue weighted by Gasteiger charge is -2.57. The summed E-state index contributed by atoms with van der Waals surface area (Å²) in [5, 5.41) is 0. The Bertz CT molecular complexity index is 2380. The lowest BCUT2D eigenvalue weighted by atomic mass is 9.48. The molecule has 91 heavy (non-hydrogen) atoms. The fraction of sp³-hybridized carbons (Fsp3) is 0.788. The fourth-order valence-electron chi connectivity index (χ4n) is 21.9. The van der Waals surface area contributed by atoms with Gasteiger partial charge in [0.1, 0.15) is 17.2 Å². The van der Waals surface area contributed by atoms with Crippen molar-refractivity contribution in [1.82, 2.24) is 0 Å². The lowest BCUT2D eigenvalue weighted by Crippen LogP contribution is -2.48. The molecule has 6 heteroatoms. The smallest absolute Gasteiger partial charge is 0.200 e. The second-order valence-electron chi connectivity index (χ2n) is 32.6. The summed E-state index contributed by atoms with van der Waals surface area (Å²) < 4.78 is 37.5. The molecule has 6 nitrogen and oxygen atoms in total. The molecule has 6 atom stereocenters. The first-order valence-electron chi connectivity index (χ1n) is 39.5. The van der Waals surface area contributed by atoms with E-state index in [0.717, 1.165) is 109 Å². The molecule has 14 rings (SSSR count). The number of hydrogen-bond donors (Lipinski definition) is 0. The number of ether oxygens (including phenoxy) is 6. The highest BCUT2D eigenvalue weighted by molar-refractivity contribution is 5.31. The van der Waals surface area contributed by atoms with E-state index in [0.29, 0.717) is 40.6 Å². The molecule has 0 amide bonds. The second kappa shape index (κ2) is 34.7. The highest BCUT2D eigenvalue weighted by Gasteiger charge is 2.54. The molecule has 6 unspecified atom stereocenters. The summed E-state index contributed by atoms with van der Waals surface area (Å²) in [4.78, 5) is 0. The molecule has 0 aliphatic heterocycles. The maximum atomic E-state index is 6.45. The van der Waals surface area contributed by atoms with Crippen molar-refractivity contribution in [3.63, 3.8) is 0 Å². The number of benzene rings is 3. The Hall–Kier alpha value is -3.06. The Labute approximate surface area is 558 Å². The highest BCUT2D eigenvalue weighted by Crippen LogP contribution is 2.64. The fourth-order valence-corrected chi connectivity index (χ4v) is 21.9. The standard InChI is InChI=1S/C35H58O2.2C25H38O2/c1-4-28(3)29-23-25-33(26-24-29)37-34(36-5-2)22-15-27-35(30-16-9-6-10-17-30,31-18-11-7-12-19-31)32-20-13-8-14-21-32;1-4-18(3)22-6-8-23(9-7-22)27-24(26-5-2)10-11-25-15-19-12-20(16-25)14-21(13-19)17-25;1-4-10-26-24(27-23-8-6-22(7-9-23)18(3)5-2)17-25-14-19-11-20(15-25)13-21(12-19)16-25/h23-26,28,30-32,34H,4-22,27H2,1-3H3;2*6-9,18-21,24H,4-5,10-17H2,1-3H3. The van der Waals surface area contributed by atoms with Gasteiger partial charge in [-0.05, 0) is 315 Å². The van der Waals surface area contributed by atoms with Crippen LogP contribution in [0.5, 0.6) is 17.2 Å². The van der Waals surface area contributed by atoms with Gasteiger partial charge < -0.3 is 28.4 Å². The van der Waals surface area contributed by atoms with Crippen LogP contribution in [0.15, 0.2) is 72.8 Å². The van der Waals surface area contributed by atoms with Crippen molar-refractivity contribution in [1.29, 1.82) is 0 Å². The molecular weight excluding hydrogens is 1120 g/mol. The van der Waals surface area contributed by atoms with Crippen molar-refractivity contribution < 1.29 is 28.4 Å². The zero-order chi connectivity index (χ0) is 63.6. The summed E-state index contributed by atoms with van der Waals surface area (Å²) in [6.07, 6.45) is 51.3. The monoisotopic (exact) mass is 1250 g/mol. The topological polar surface area (TPSA) is 55.4 Å². The van der Waals surface area contributed by atoms with Crippen LogP contribution in [-0.2, 0) is 14.2 Å². The Balaban J connectivity index is 0.000000153. The van der Waals surface area contributed by atoms with Gasteiger partial charge >= 0.3 is 0 Å². The second-order valence-corrected chi connectivity index (χ2v) is 32.6. The molecule has 3 aromatic carbocycles. The summed E-state index contributed by atoms with van der Waals surface area (Å²) in [5.41, 5.74) is 5.87. The van der Waals surface area contributed by atoms with E-state index < -0.39 is 0 Å². The van der Waals surface area contributed by atoms with Gasteiger partial charge in [0.25, 0.3) is 0 Å². The molecule has 11 aliphatic carbocycles. The van der Waals surface area contributed by atoms with E-state index in [1.165, 1.54) is 229 Å². The van der Waals surface area contributed by atoms with Crippen LogP contribution in [0, 0.1) is 69.5 Å². The Kier molecular flexibility index (Phi) is 27.0. The van der Waals surface area contributed by atoms with Crippen LogP contribution in [-0.4, -0.2) is 38.7 Å². The van der Waals surface area contributed by atoms with E-state index in [9.17, 15) is 0 Å². The first-order chi connectivity index (χ1) is 44.3. The molecule has 0 heterocycles. The summed E-state index contributed by atoms with van der Waals surface area (Å²) in [6, 6.07) is 26.2. The van der Waals surface area contributed by atoms with E-state index in [4.69, 9.17) is 28.4 Å². The largest absolute Gasteiger partial charge is 0.465 e. The van der Waals surface area contributed by atoms with Crippen LogP contribution in [0.25, 0.3) is 0 Å². The van der Waals surface area contributed by atoms with Crippen molar-refractivity contribution in [2.24, 2.45) is 69.5 Å². The maximum Gasteiger partial charge on any atom is 0.200 e. The number of rotatable bonds is 31. The summed E-state index contributed by atoms with van der Waals surface area (Å²) in [7, 11) is 0. The highest BCUT2D eigenvalue weighted by atomic mass is 16.7. The lowest BCUT2D eigenvalue weighted by molar-refractivity contribution is -0.142. The Morgan fingerprint density at radius 2 is 0.725 bits per heavy atom. The van der Waals surface area contributed by atoms with Gasteiger partial charge in [0, 0.05) is 32.5 Å². The average Bonchev–Trinajstić information content (AvgIpc) is 0.783. The zero-order valence-corrected chi connectivity index (χ0v) is 59.8. The van der Waals surface area contributed by atoms with Crippen molar-refractivity contribution in [2.75, 3.05) is 19.8 Å². The van der Waals surface area contributed by atoms with E-state index in [-0.39, 0.29) is 18.9 Å². The van der Waals surface area contributed by atoms with Crippen LogP contribution in [0.1, 0.15) is 334 Å². The molecule has 0 aromatic heterocycles. The van der Waals surface area contributed by atoms with Crippen LogP contribution < -0.4 is 14.2 Å². The molecule has 510 valence electrons. The summed E-state index contributed by atoms with van der Waals surface area (Å²) >= 11 is 0. The molecule has 3 aromatic rings. The molecule has 0 spiro atoms. The van der Waals surface area contributed by atoms with E-state index in [2.05, 4.69) is 135 Å². The quantitative estimate of drug-likeness (QED) is 0.0599. The van der Waals surface area contributed by atoms with Gasteiger partial charge in [-0.1, -0.05) is 143 Å². The molecule has 0 N–H and O–H groups in total. The molecule has 0 saturated heterocycles. The van der Waals surface area contributed by atoms with Gasteiger partial charge in [-0.2, -0.15) is 0 Å². The first-order valence-corrected chi connectivity index (χ1v) is 39.5. The van der Waals surface area contributed by atoms with Crippen LogP contribution in [0.2, 0.25) is 0 Å².